The number of rotatable bonds is 6. The molecule has 1 heterocycles. The van der Waals surface area contributed by atoms with Crippen molar-refractivity contribution in [1.29, 1.82) is 5.26 Å². The maximum atomic E-state index is 12.7. The third-order valence-electron chi connectivity index (χ3n) is 3.75. The molecule has 0 aliphatic carbocycles. The maximum absolute atomic E-state index is 12.7. The minimum Gasteiger partial charge on any atom is -0.494 e. The number of carbonyl (C=O) groups is 1. The van der Waals surface area contributed by atoms with Crippen LogP contribution in [0, 0.1) is 11.3 Å². The van der Waals surface area contributed by atoms with E-state index in [1.165, 1.54) is 11.3 Å². The molecule has 0 aliphatic heterocycles. The van der Waals surface area contributed by atoms with Crippen molar-refractivity contribution in [3.8, 4) is 23.1 Å². The SMILES string of the molecule is CCOc1ccc(C(=O)C(C#N)c2nc(-c3ccc(Cl)cc3)cs2)cc1. The Labute approximate surface area is 160 Å². The Kier molecular flexibility index (Phi) is 5.67. The van der Waals surface area contributed by atoms with Crippen molar-refractivity contribution >= 4 is 28.7 Å². The van der Waals surface area contributed by atoms with Gasteiger partial charge in [0.15, 0.2) is 11.7 Å². The molecule has 0 N–H and O–H groups in total. The fourth-order valence-electron chi connectivity index (χ4n) is 2.45. The first-order valence-electron chi connectivity index (χ1n) is 8.00. The molecule has 1 unspecified atom stereocenters. The quantitative estimate of drug-likeness (QED) is 0.539. The van der Waals surface area contributed by atoms with Gasteiger partial charge in [-0.05, 0) is 43.3 Å². The van der Waals surface area contributed by atoms with Gasteiger partial charge in [-0.3, -0.25) is 4.79 Å². The van der Waals surface area contributed by atoms with Crippen LogP contribution in [0.25, 0.3) is 11.3 Å². The lowest BCUT2D eigenvalue weighted by atomic mass is 9.99. The van der Waals surface area contributed by atoms with Crippen LogP contribution in [0.3, 0.4) is 0 Å². The van der Waals surface area contributed by atoms with Gasteiger partial charge in [-0.25, -0.2) is 4.98 Å². The Balaban J connectivity index is 1.83. The molecule has 0 aliphatic rings. The molecule has 0 saturated heterocycles. The van der Waals surface area contributed by atoms with E-state index in [1.807, 2.05) is 24.4 Å². The van der Waals surface area contributed by atoms with Crippen molar-refractivity contribution in [3.63, 3.8) is 0 Å². The second-order valence-electron chi connectivity index (χ2n) is 5.46. The molecule has 0 fully saturated rings. The van der Waals surface area contributed by atoms with E-state index >= 15 is 0 Å². The molecule has 130 valence electrons. The minimum absolute atomic E-state index is 0.271. The first kappa shape index (κ1) is 18.1. The summed E-state index contributed by atoms with van der Waals surface area (Å²) in [6.45, 7) is 2.45. The lowest BCUT2D eigenvalue weighted by Crippen LogP contribution is -2.11. The number of halogens is 1. The summed E-state index contributed by atoms with van der Waals surface area (Å²) in [5.74, 6) is -0.511. The highest BCUT2D eigenvalue weighted by molar-refractivity contribution is 7.10. The second kappa shape index (κ2) is 8.13. The van der Waals surface area contributed by atoms with E-state index in [4.69, 9.17) is 16.3 Å². The van der Waals surface area contributed by atoms with Crippen LogP contribution in [0.2, 0.25) is 5.02 Å². The number of nitrogens with zero attached hydrogens (tertiary/aromatic N) is 2. The molecule has 0 amide bonds. The molecule has 0 bridgehead atoms. The van der Waals surface area contributed by atoms with Crippen LogP contribution in [-0.4, -0.2) is 17.4 Å². The Morgan fingerprint density at radius 3 is 2.54 bits per heavy atom. The Hall–Kier alpha value is -2.68. The predicted molar refractivity (Wildman–Crippen MR) is 103 cm³/mol. The van der Waals surface area contributed by atoms with Gasteiger partial charge < -0.3 is 4.74 Å². The number of aromatic nitrogens is 1. The number of benzene rings is 2. The average molecular weight is 383 g/mol. The zero-order valence-electron chi connectivity index (χ0n) is 14.0. The number of ketones is 1. The van der Waals surface area contributed by atoms with Gasteiger partial charge in [-0.15, -0.1) is 11.3 Å². The molecule has 26 heavy (non-hydrogen) atoms. The summed E-state index contributed by atoms with van der Waals surface area (Å²) in [5, 5.41) is 12.5. The smallest absolute Gasteiger partial charge is 0.186 e. The van der Waals surface area contributed by atoms with Crippen molar-refractivity contribution in [2.45, 2.75) is 12.8 Å². The number of thiazole rings is 1. The molecule has 0 spiro atoms. The largest absolute Gasteiger partial charge is 0.494 e. The number of nitriles is 1. The van der Waals surface area contributed by atoms with Crippen molar-refractivity contribution < 1.29 is 9.53 Å². The highest BCUT2D eigenvalue weighted by atomic mass is 35.5. The van der Waals surface area contributed by atoms with E-state index in [1.54, 1.807) is 36.4 Å². The van der Waals surface area contributed by atoms with Gasteiger partial charge in [0.2, 0.25) is 0 Å². The first-order chi connectivity index (χ1) is 12.6. The third kappa shape index (κ3) is 3.93. The molecule has 1 atom stereocenters. The van der Waals surface area contributed by atoms with Crippen LogP contribution < -0.4 is 4.74 Å². The number of hydrogen-bond donors (Lipinski definition) is 0. The van der Waals surface area contributed by atoms with Crippen LogP contribution in [0.15, 0.2) is 53.9 Å². The molecule has 6 heteroatoms. The second-order valence-corrected chi connectivity index (χ2v) is 6.79. The Morgan fingerprint density at radius 1 is 1.23 bits per heavy atom. The Bertz CT molecular complexity index is 943. The minimum atomic E-state index is -0.931. The number of carbonyl (C=O) groups excluding carboxylic acids is 1. The van der Waals surface area contributed by atoms with E-state index in [0.717, 1.165) is 11.3 Å². The van der Waals surface area contributed by atoms with E-state index < -0.39 is 5.92 Å². The van der Waals surface area contributed by atoms with E-state index in [-0.39, 0.29) is 5.78 Å². The van der Waals surface area contributed by atoms with Gasteiger partial charge in [0.05, 0.1) is 18.4 Å². The van der Waals surface area contributed by atoms with E-state index in [0.29, 0.717) is 28.0 Å². The van der Waals surface area contributed by atoms with Crippen molar-refractivity contribution in [3.05, 3.63) is 69.5 Å². The zero-order chi connectivity index (χ0) is 18.5. The summed E-state index contributed by atoms with van der Waals surface area (Å²) in [4.78, 5) is 17.2. The van der Waals surface area contributed by atoms with Gasteiger partial charge >= 0.3 is 0 Å². The average Bonchev–Trinajstić information content (AvgIpc) is 3.13. The fourth-order valence-corrected chi connectivity index (χ4v) is 3.44. The van der Waals surface area contributed by atoms with E-state index in [9.17, 15) is 10.1 Å². The normalized spacial score (nSPS) is 11.6. The lowest BCUT2D eigenvalue weighted by Gasteiger charge is -2.07. The van der Waals surface area contributed by atoms with Crippen LogP contribution in [-0.2, 0) is 0 Å². The van der Waals surface area contributed by atoms with Crippen molar-refractivity contribution in [2.24, 2.45) is 0 Å². The van der Waals surface area contributed by atoms with Crippen LogP contribution in [0.1, 0.15) is 28.2 Å². The molecule has 3 rings (SSSR count). The molecular weight excluding hydrogens is 368 g/mol. The van der Waals surface area contributed by atoms with Gasteiger partial charge in [0.1, 0.15) is 10.8 Å². The monoisotopic (exact) mass is 382 g/mol. The van der Waals surface area contributed by atoms with Gasteiger partial charge in [-0.2, -0.15) is 5.26 Å². The molecule has 4 nitrogen and oxygen atoms in total. The summed E-state index contributed by atoms with van der Waals surface area (Å²) in [5.41, 5.74) is 2.08. The van der Waals surface area contributed by atoms with Crippen molar-refractivity contribution in [2.75, 3.05) is 6.61 Å². The zero-order valence-corrected chi connectivity index (χ0v) is 15.6. The fraction of sp³-hybridized carbons (Fsp3) is 0.150. The molecule has 2 aromatic carbocycles. The summed E-state index contributed by atoms with van der Waals surface area (Å²) in [7, 11) is 0. The van der Waals surface area contributed by atoms with Gasteiger partial charge in [-0.1, -0.05) is 23.7 Å². The highest BCUT2D eigenvalue weighted by Gasteiger charge is 2.25. The predicted octanol–water partition coefficient (Wildman–Crippen LogP) is 5.35. The van der Waals surface area contributed by atoms with Crippen LogP contribution >= 0.6 is 22.9 Å². The Morgan fingerprint density at radius 2 is 1.92 bits per heavy atom. The first-order valence-corrected chi connectivity index (χ1v) is 9.26. The summed E-state index contributed by atoms with van der Waals surface area (Å²) in [6, 6.07) is 16.2. The van der Waals surface area contributed by atoms with Gasteiger partial charge in [0.25, 0.3) is 0 Å². The lowest BCUT2D eigenvalue weighted by molar-refractivity contribution is 0.0979. The molecular formula is C20H15ClN2O2S. The van der Waals surface area contributed by atoms with Crippen LogP contribution in [0.4, 0.5) is 0 Å². The van der Waals surface area contributed by atoms with E-state index in [2.05, 4.69) is 11.1 Å². The molecule has 3 aromatic rings. The van der Waals surface area contributed by atoms with Gasteiger partial charge in [0, 0.05) is 21.5 Å². The molecule has 0 radical (unpaired) electrons. The number of ether oxygens (including phenoxy) is 1. The standard InChI is InChI=1S/C20H15ClN2O2S/c1-2-25-16-9-5-14(6-10-16)19(24)17(11-22)20-23-18(12-26-20)13-3-7-15(21)8-4-13/h3-10,12,17H,2H2,1H3. The topological polar surface area (TPSA) is 63.0 Å². The van der Waals surface area contributed by atoms with Crippen LogP contribution in [0.5, 0.6) is 5.75 Å². The number of Topliss-reactive ketones (excluding diaryl/α,β-unsaturated/α-hetero) is 1. The van der Waals surface area contributed by atoms with Crippen molar-refractivity contribution in [1.82, 2.24) is 4.98 Å². The summed E-state index contributed by atoms with van der Waals surface area (Å²) in [6.07, 6.45) is 0. The summed E-state index contributed by atoms with van der Waals surface area (Å²) < 4.78 is 5.38. The third-order valence-corrected chi connectivity index (χ3v) is 4.91. The maximum Gasteiger partial charge on any atom is 0.186 e. The highest BCUT2D eigenvalue weighted by Crippen LogP contribution is 2.29. The molecule has 0 saturated carbocycles. The number of hydrogen-bond acceptors (Lipinski definition) is 5. The summed E-state index contributed by atoms with van der Waals surface area (Å²) >= 11 is 7.21. The molecule has 1 aromatic heterocycles.